The first-order chi connectivity index (χ1) is 23.3. The van der Waals surface area contributed by atoms with Crippen molar-refractivity contribution in [3.05, 3.63) is 176 Å². The van der Waals surface area contributed by atoms with Crippen molar-refractivity contribution < 1.29 is 0 Å². The molecular weight excluding hydrogens is 571 g/mol. The average Bonchev–Trinajstić information content (AvgIpc) is 3.54. The highest BCUT2D eigenvalue weighted by Gasteiger charge is 2.18. The van der Waals surface area contributed by atoms with Crippen molar-refractivity contribution in [3.8, 4) is 50.5 Å². The molecule has 0 fully saturated rings. The maximum Gasteiger partial charge on any atom is 0.145 e. The van der Waals surface area contributed by atoms with Crippen LogP contribution in [-0.2, 0) is 0 Å². The highest BCUT2D eigenvalue weighted by Crippen LogP contribution is 2.44. The van der Waals surface area contributed by atoms with E-state index in [0.717, 1.165) is 39.2 Å². The van der Waals surface area contributed by atoms with Gasteiger partial charge in [-0.05, 0) is 85.8 Å². The lowest BCUT2D eigenvalue weighted by atomic mass is 9.85. The van der Waals surface area contributed by atoms with Crippen molar-refractivity contribution >= 4 is 32.6 Å². The lowest BCUT2D eigenvalue weighted by molar-refractivity contribution is 1.10. The number of benzene rings is 7. The molecule has 9 rings (SSSR count). The third-order valence-corrected chi connectivity index (χ3v) is 9.08. The Morgan fingerprint density at radius 3 is 1.66 bits per heavy atom. The average molecular weight is 600 g/mol. The van der Waals surface area contributed by atoms with Gasteiger partial charge in [-0.3, -0.25) is 9.55 Å². The Morgan fingerprint density at radius 1 is 0.404 bits per heavy atom. The Kier molecular flexibility index (Phi) is 6.46. The molecule has 0 N–H and O–H groups in total. The van der Waals surface area contributed by atoms with E-state index in [0.29, 0.717) is 0 Å². The monoisotopic (exact) mass is 599 g/mol. The van der Waals surface area contributed by atoms with E-state index in [9.17, 15) is 0 Å². The fourth-order valence-corrected chi connectivity index (χ4v) is 6.98. The second kappa shape index (κ2) is 11.2. The third-order valence-electron chi connectivity index (χ3n) is 9.08. The van der Waals surface area contributed by atoms with Gasteiger partial charge in [0.05, 0.1) is 11.0 Å². The first-order valence-corrected chi connectivity index (χ1v) is 15.9. The fourth-order valence-electron chi connectivity index (χ4n) is 6.98. The van der Waals surface area contributed by atoms with Crippen molar-refractivity contribution in [2.45, 2.75) is 0 Å². The molecule has 3 heteroatoms. The zero-order valence-electron chi connectivity index (χ0n) is 25.6. The minimum absolute atomic E-state index is 0.938. The summed E-state index contributed by atoms with van der Waals surface area (Å²) in [6, 6.07) is 58.3. The molecule has 0 aliphatic rings. The number of rotatable bonds is 5. The molecule has 9 aromatic rings. The minimum atomic E-state index is 0.938. The van der Waals surface area contributed by atoms with E-state index in [1.54, 1.807) is 0 Å². The van der Waals surface area contributed by atoms with Gasteiger partial charge in [0, 0.05) is 29.2 Å². The molecule has 0 bridgehead atoms. The van der Waals surface area contributed by atoms with Crippen LogP contribution in [-0.4, -0.2) is 14.5 Å². The summed E-state index contributed by atoms with van der Waals surface area (Å²) in [6.07, 6.45) is 3.75. The quantitative estimate of drug-likeness (QED) is 0.184. The van der Waals surface area contributed by atoms with Gasteiger partial charge in [0.25, 0.3) is 0 Å². The van der Waals surface area contributed by atoms with Crippen LogP contribution in [0.4, 0.5) is 0 Å². The molecule has 0 spiro atoms. The predicted octanol–water partition coefficient (Wildman–Crippen LogP) is 11.4. The molecule has 0 aliphatic heterocycles. The zero-order chi connectivity index (χ0) is 31.2. The van der Waals surface area contributed by atoms with Crippen molar-refractivity contribution in [2.24, 2.45) is 0 Å². The number of para-hydroxylation sites is 2. The first kappa shape index (κ1) is 27.0. The maximum atomic E-state index is 5.05. The van der Waals surface area contributed by atoms with E-state index in [1.807, 2.05) is 30.6 Å². The highest BCUT2D eigenvalue weighted by molar-refractivity contribution is 6.21. The predicted molar refractivity (Wildman–Crippen MR) is 196 cm³/mol. The summed E-state index contributed by atoms with van der Waals surface area (Å²) in [6.45, 7) is 0. The number of fused-ring (bicyclic) bond motifs is 3. The minimum Gasteiger partial charge on any atom is -0.292 e. The summed E-state index contributed by atoms with van der Waals surface area (Å²) in [4.78, 5) is 9.41. The molecular formula is C44H29N3. The van der Waals surface area contributed by atoms with E-state index in [1.165, 1.54) is 43.8 Å². The smallest absolute Gasteiger partial charge is 0.145 e. The van der Waals surface area contributed by atoms with Crippen LogP contribution in [0.1, 0.15) is 0 Å². The van der Waals surface area contributed by atoms with Crippen LogP contribution in [0.25, 0.3) is 83.0 Å². The van der Waals surface area contributed by atoms with E-state index >= 15 is 0 Å². The summed E-state index contributed by atoms with van der Waals surface area (Å²) in [5.74, 6) is 0.938. The summed E-state index contributed by atoms with van der Waals surface area (Å²) in [7, 11) is 0. The zero-order valence-corrected chi connectivity index (χ0v) is 25.6. The van der Waals surface area contributed by atoms with Gasteiger partial charge < -0.3 is 0 Å². The molecule has 0 saturated heterocycles. The summed E-state index contributed by atoms with van der Waals surface area (Å²) in [5.41, 5.74) is 11.4. The Labute approximate surface area is 273 Å². The van der Waals surface area contributed by atoms with Gasteiger partial charge in [-0.25, -0.2) is 4.98 Å². The second-order valence-corrected chi connectivity index (χ2v) is 11.8. The molecule has 220 valence electrons. The van der Waals surface area contributed by atoms with Crippen LogP contribution in [0.3, 0.4) is 0 Å². The number of aromatic nitrogens is 3. The summed E-state index contributed by atoms with van der Waals surface area (Å²) < 4.78 is 2.27. The van der Waals surface area contributed by atoms with Gasteiger partial charge in [-0.2, -0.15) is 0 Å². The molecule has 7 aromatic carbocycles. The molecule has 3 nitrogen and oxygen atoms in total. The SMILES string of the molecule is c1ccc(-c2nc3ccccc3n2-c2ccc(-c3c4ccccc4c(-c4cccc(-c5cccnc5)c4)c4ccccc34)cc2)cc1. The van der Waals surface area contributed by atoms with E-state index in [2.05, 4.69) is 155 Å². The van der Waals surface area contributed by atoms with Crippen molar-refractivity contribution in [1.82, 2.24) is 14.5 Å². The molecule has 0 saturated carbocycles. The van der Waals surface area contributed by atoms with Crippen molar-refractivity contribution in [2.75, 3.05) is 0 Å². The molecule has 2 aromatic heterocycles. The number of pyridine rings is 1. The molecule has 47 heavy (non-hydrogen) atoms. The molecule has 0 aliphatic carbocycles. The van der Waals surface area contributed by atoms with Gasteiger partial charge in [0.1, 0.15) is 5.82 Å². The van der Waals surface area contributed by atoms with Gasteiger partial charge in [-0.1, -0.05) is 127 Å². The van der Waals surface area contributed by atoms with Crippen LogP contribution < -0.4 is 0 Å². The molecule has 2 heterocycles. The van der Waals surface area contributed by atoms with Crippen molar-refractivity contribution in [1.29, 1.82) is 0 Å². The van der Waals surface area contributed by atoms with Crippen molar-refractivity contribution in [3.63, 3.8) is 0 Å². The highest BCUT2D eigenvalue weighted by atomic mass is 15.1. The Hall–Kier alpha value is -6.32. The van der Waals surface area contributed by atoms with E-state index < -0.39 is 0 Å². The Morgan fingerprint density at radius 2 is 0.979 bits per heavy atom. The Bertz CT molecular complexity index is 2490. The van der Waals surface area contributed by atoms with Gasteiger partial charge >= 0.3 is 0 Å². The standard InChI is InChI=1S/C44H29N3/c1-2-12-31(13-3-1)44-46-40-21-8-9-22-41(40)47(44)35-25-23-30(24-26-35)42-36-17-4-6-19-38(36)43(39-20-7-5-18-37(39)42)33-15-10-14-32(28-33)34-16-11-27-45-29-34/h1-29H. The summed E-state index contributed by atoms with van der Waals surface area (Å²) in [5, 5.41) is 4.94. The van der Waals surface area contributed by atoms with E-state index in [4.69, 9.17) is 4.98 Å². The largest absolute Gasteiger partial charge is 0.292 e. The molecule has 0 amide bonds. The number of nitrogens with zero attached hydrogens (tertiary/aromatic N) is 3. The summed E-state index contributed by atoms with van der Waals surface area (Å²) >= 11 is 0. The molecule has 0 radical (unpaired) electrons. The van der Waals surface area contributed by atoms with Gasteiger partial charge in [-0.15, -0.1) is 0 Å². The first-order valence-electron chi connectivity index (χ1n) is 15.9. The van der Waals surface area contributed by atoms with Crippen LogP contribution in [0.2, 0.25) is 0 Å². The lowest BCUT2D eigenvalue weighted by Gasteiger charge is -2.18. The molecule has 0 atom stereocenters. The van der Waals surface area contributed by atoms with Crippen LogP contribution >= 0.6 is 0 Å². The number of imidazole rings is 1. The van der Waals surface area contributed by atoms with Crippen LogP contribution in [0.15, 0.2) is 176 Å². The normalized spacial score (nSPS) is 11.4. The van der Waals surface area contributed by atoms with Crippen LogP contribution in [0, 0.1) is 0 Å². The number of hydrogen-bond acceptors (Lipinski definition) is 2. The Balaban J connectivity index is 1.23. The molecule has 0 unspecified atom stereocenters. The fraction of sp³-hybridized carbons (Fsp3) is 0. The van der Waals surface area contributed by atoms with Gasteiger partial charge in [0.15, 0.2) is 0 Å². The maximum absolute atomic E-state index is 5.05. The van der Waals surface area contributed by atoms with Crippen LogP contribution in [0.5, 0.6) is 0 Å². The van der Waals surface area contributed by atoms with Gasteiger partial charge in [0.2, 0.25) is 0 Å². The topological polar surface area (TPSA) is 30.7 Å². The number of hydrogen-bond donors (Lipinski definition) is 0. The third kappa shape index (κ3) is 4.60. The second-order valence-electron chi connectivity index (χ2n) is 11.8. The lowest BCUT2D eigenvalue weighted by Crippen LogP contribution is -1.98. The van der Waals surface area contributed by atoms with E-state index in [-0.39, 0.29) is 0 Å².